The van der Waals surface area contributed by atoms with Crippen molar-refractivity contribution in [3.05, 3.63) is 63.2 Å². The Morgan fingerprint density at radius 2 is 2.00 bits per heavy atom. The highest BCUT2D eigenvalue weighted by atomic mass is 32.2. The summed E-state index contributed by atoms with van der Waals surface area (Å²) in [5.41, 5.74) is 1.81. The van der Waals surface area contributed by atoms with Crippen molar-refractivity contribution in [2.24, 2.45) is 4.99 Å². The molecule has 0 heterocycles. The van der Waals surface area contributed by atoms with E-state index in [9.17, 15) is 14.9 Å². The topological polar surface area (TPSA) is 72.6 Å². The van der Waals surface area contributed by atoms with Crippen LogP contribution in [0.15, 0.2) is 51.2 Å². The Labute approximate surface area is 132 Å². The van der Waals surface area contributed by atoms with Gasteiger partial charge >= 0.3 is 0 Å². The van der Waals surface area contributed by atoms with Crippen LogP contribution in [0, 0.1) is 24.0 Å². The number of nitro benzene ring substituents is 1. The molecular formula is C16H14N2O3S. The summed E-state index contributed by atoms with van der Waals surface area (Å²) in [6.45, 7) is 6.86. The average molecular weight is 314 g/mol. The number of aryl methyl sites for hydroxylation is 2. The molecule has 0 aliphatic rings. The van der Waals surface area contributed by atoms with Gasteiger partial charge in [-0.1, -0.05) is 29.5 Å². The van der Waals surface area contributed by atoms with Gasteiger partial charge in [-0.25, -0.2) is 4.99 Å². The van der Waals surface area contributed by atoms with Gasteiger partial charge in [-0.3, -0.25) is 14.9 Å². The lowest BCUT2D eigenvalue weighted by Crippen LogP contribution is -2.01. The van der Waals surface area contributed by atoms with E-state index in [2.05, 4.69) is 11.7 Å². The predicted octanol–water partition coefficient (Wildman–Crippen LogP) is 4.20. The fourth-order valence-electron chi connectivity index (χ4n) is 2.02. The molecular weight excluding hydrogens is 300 g/mol. The van der Waals surface area contributed by atoms with Crippen LogP contribution in [0.5, 0.6) is 0 Å². The Morgan fingerprint density at radius 3 is 2.59 bits per heavy atom. The van der Waals surface area contributed by atoms with Crippen LogP contribution >= 0.6 is 11.8 Å². The van der Waals surface area contributed by atoms with E-state index in [0.29, 0.717) is 10.5 Å². The van der Waals surface area contributed by atoms with Crippen LogP contribution in [0.2, 0.25) is 0 Å². The maximum atomic E-state index is 11.7. The summed E-state index contributed by atoms with van der Waals surface area (Å²) in [6.07, 6.45) is 0. The second kappa shape index (κ2) is 6.53. The van der Waals surface area contributed by atoms with Gasteiger partial charge in [-0.05, 0) is 44.3 Å². The van der Waals surface area contributed by atoms with Gasteiger partial charge in [0.2, 0.25) is 0 Å². The summed E-state index contributed by atoms with van der Waals surface area (Å²) >= 11 is 1.30. The van der Waals surface area contributed by atoms with Crippen LogP contribution in [0.1, 0.15) is 21.5 Å². The normalized spacial score (nSPS) is 10.3. The van der Waals surface area contributed by atoms with E-state index in [4.69, 9.17) is 0 Å². The smallest absolute Gasteiger partial charge is 0.267 e. The quantitative estimate of drug-likeness (QED) is 0.481. The van der Waals surface area contributed by atoms with Crippen molar-refractivity contribution in [1.82, 2.24) is 0 Å². The van der Waals surface area contributed by atoms with Crippen LogP contribution < -0.4 is 0 Å². The highest BCUT2D eigenvalue weighted by Gasteiger charge is 2.20. The molecule has 2 aromatic rings. The average Bonchev–Trinajstić information content (AvgIpc) is 2.46. The van der Waals surface area contributed by atoms with E-state index >= 15 is 0 Å². The third-order valence-corrected chi connectivity index (χ3v) is 4.13. The SMILES string of the molecule is C=NC(=O)c1cc([N+](=O)[O-])c(Sc2cccc(C)c2)cc1C. The molecule has 0 aliphatic carbocycles. The lowest BCUT2D eigenvalue weighted by atomic mass is 10.1. The van der Waals surface area contributed by atoms with E-state index in [1.54, 1.807) is 13.0 Å². The van der Waals surface area contributed by atoms with Crippen molar-refractivity contribution in [1.29, 1.82) is 0 Å². The molecule has 0 atom stereocenters. The van der Waals surface area contributed by atoms with Crippen LogP contribution in [-0.4, -0.2) is 17.5 Å². The molecule has 0 radical (unpaired) electrons. The third-order valence-electron chi connectivity index (χ3n) is 3.09. The maximum Gasteiger partial charge on any atom is 0.284 e. The maximum absolute atomic E-state index is 11.7. The molecule has 22 heavy (non-hydrogen) atoms. The summed E-state index contributed by atoms with van der Waals surface area (Å²) in [6, 6.07) is 10.6. The number of hydrogen-bond acceptors (Lipinski definition) is 4. The monoisotopic (exact) mass is 314 g/mol. The number of carbonyl (C=O) groups is 1. The van der Waals surface area contributed by atoms with Gasteiger partial charge in [0.15, 0.2) is 0 Å². The Bertz CT molecular complexity index is 772. The van der Waals surface area contributed by atoms with E-state index in [-0.39, 0.29) is 11.3 Å². The summed E-state index contributed by atoms with van der Waals surface area (Å²) < 4.78 is 0. The number of hydrogen-bond donors (Lipinski definition) is 0. The van der Waals surface area contributed by atoms with E-state index in [0.717, 1.165) is 10.5 Å². The standard InChI is InChI=1S/C16H14N2O3S/c1-10-5-4-6-12(7-10)22-15-8-11(2)13(16(19)17-3)9-14(15)18(20)21/h4-9H,3H2,1-2H3. The number of carbonyl (C=O) groups excluding carboxylic acids is 1. The van der Waals surface area contributed by atoms with Crippen LogP contribution in [0.3, 0.4) is 0 Å². The molecule has 0 saturated carbocycles. The Morgan fingerprint density at radius 1 is 1.27 bits per heavy atom. The fraction of sp³-hybridized carbons (Fsp3) is 0.125. The van der Waals surface area contributed by atoms with E-state index < -0.39 is 10.8 Å². The Balaban J connectivity index is 2.51. The Kier molecular flexibility index (Phi) is 4.72. The molecule has 5 nitrogen and oxygen atoms in total. The number of benzene rings is 2. The first-order valence-corrected chi connectivity index (χ1v) is 7.28. The minimum absolute atomic E-state index is 0.107. The molecule has 2 aromatic carbocycles. The summed E-state index contributed by atoms with van der Waals surface area (Å²) in [5, 5.41) is 11.3. The van der Waals surface area contributed by atoms with Gasteiger partial charge in [0.05, 0.1) is 15.4 Å². The van der Waals surface area contributed by atoms with Crippen LogP contribution in [0.4, 0.5) is 5.69 Å². The zero-order valence-corrected chi connectivity index (χ0v) is 13.0. The minimum atomic E-state index is -0.562. The summed E-state index contributed by atoms with van der Waals surface area (Å²) in [4.78, 5) is 27.2. The highest BCUT2D eigenvalue weighted by molar-refractivity contribution is 7.99. The Hall–Kier alpha value is -2.47. The molecule has 0 aromatic heterocycles. The first-order chi connectivity index (χ1) is 10.4. The molecule has 0 spiro atoms. The lowest BCUT2D eigenvalue weighted by molar-refractivity contribution is -0.387. The molecule has 0 saturated heterocycles. The number of amides is 1. The zero-order chi connectivity index (χ0) is 16.3. The largest absolute Gasteiger partial charge is 0.284 e. The molecule has 112 valence electrons. The van der Waals surface area contributed by atoms with E-state index in [1.165, 1.54) is 17.8 Å². The van der Waals surface area contributed by atoms with Crippen LogP contribution in [0.25, 0.3) is 0 Å². The number of aliphatic imine (C=N–C) groups is 1. The third kappa shape index (κ3) is 3.40. The van der Waals surface area contributed by atoms with Crippen molar-refractivity contribution in [2.75, 3.05) is 0 Å². The highest BCUT2D eigenvalue weighted by Crippen LogP contribution is 2.37. The zero-order valence-electron chi connectivity index (χ0n) is 12.2. The van der Waals surface area contributed by atoms with Crippen molar-refractivity contribution in [3.8, 4) is 0 Å². The molecule has 0 unspecified atom stereocenters. The van der Waals surface area contributed by atoms with Gasteiger partial charge in [0.25, 0.3) is 11.6 Å². The fourth-order valence-corrected chi connectivity index (χ4v) is 3.13. The van der Waals surface area contributed by atoms with Gasteiger partial charge in [-0.2, -0.15) is 0 Å². The number of nitro groups is 1. The van der Waals surface area contributed by atoms with Crippen molar-refractivity contribution >= 4 is 30.1 Å². The van der Waals surface area contributed by atoms with Gasteiger partial charge in [-0.15, -0.1) is 0 Å². The van der Waals surface area contributed by atoms with Gasteiger partial charge in [0.1, 0.15) is 0 Å². The van der Waals surface area contributed by atoms with E-state index in [1.807, 2.05) is 31.2 Å². The second-order valence-electron chi connectivity index (χ2n) is 4.77. The number of nitrogens with zero attached hydrogens (tertiary/aromatic N) is 2. The molecule has 2 rings (SSSR count). The lowest BCUT2D eigenvalue weighted by Gasteiger charge is -2.08. The molecule has 0 fully saturated rings. The first kappa shape index (κ1) is 15.9. The molecule has 0 N–H and O–H groups in total. The van der Waals surface area contributed by atoms with Crippen LogP contribution in [-0.2, 0) is 0 Å². The van der Waals surface area contributed by atoms with Gasteiger partial charge < -0.3 is 0 Å². The molecule has 1 amide bonds. The molecule has 0 bridgehead atoms. The molecule has 6 heteroatoms. The van der Waals surface area contributed by atoms with Crippen molar-refractivity contribution < 1.29 is 9.72 Å². The van der Waals surface area contributed by atoms with Gasteiger partial charge in [0, 0.05) is 11.0 Å². The summed E-state index contributed by atoms with van der Waals surface area (Å²) in [7, 11) is 0. The first-order valence-electron chi connectivity index (χ1n) is 6.47. The second-order valence-corrected chi connectivity index (χ2v) is 5.89. The molecule has 0 aliphatic heterocycles. The van der Waals surface area contributed by atoms with Crippen molar-refractivity contribution in [3.63, 3.8) is 0 Å². The number of rotatable bonds is 4. The summed E-state index contributed by atoms with van der Waals surface area (Å²) in [5.74, 6) is -0.562. The predicted molar refractivity (Wildman–Crippen MR) is 87.0 cm³/mol. The minimum Gasteiger partial charge on any atom is -0.267 e. The van der Waals surface area contributed by atoms with Crippen molar-refractivity contribution in [2.45, 2.75) is 23.6 Å².